The number of carbonyl (C=O) groups excluding carboxylic acids is 2. The molecule has 1 aliphatic heterocycles. The van der Waals surface area contributed by atoms with Crippen LogP contribution in [0.2, 0.25) is 0 Å². The van der Waals surface area contributed by atoms with Gasteiger partial charge >= 0.3 is 0 Å². The van der Waals surface area contributed by atoms with Gasteiger partial charge in [0.1, 0.15) is 12.1 Å². The number of nitrogens with zero attached hydrogens (tertiary/aromatic N) is 1. The van der Waals surface area contributed by atoms with Crippen molar-refractivity contribution in [2.45, 2.75) is 25.4 Å². The minimum absolute atomic E-state index is 0.0875. The number of carbonyl (C=O) groups is 2. The maximum absolute atomic E-state index is 12.3. The Bertz CT molecular complexity index is 433. The molecule has 1 aliphatic rings. The Labute approximate surface area is 110 Å². The third-order valence-corrected chi connectivity index (χ3v) is 4.07. The van der Waals surface area contributed by atoms with Crippen LogP contribution >= 0.6 is 11.3 Å². The summed E-state index contributed by atoms with van der Waals surface area (Å²) in [6, 6.07) is 2.66. The molecule has 2 heterocycles. The number of hydrogen-bond donors (Lipinski definition) is 2. The quantitative estimate of drug-likeness (QED) is 0.836. The van der Waals surface area contributed by atoms with Crippen LogP contribution < -0.4 is 11.1 Å². The summed E-state index contributed by atoms with van der Waals surface area (Å²) >= 11 is 1.46. The highest BCUT2D eigenvalue weighted by atomic mass is 32.1. The summed E-state index contributed by atoms with van der Waals surface area (Å²) in [5, 5.41) is 4.66. The second-order valence-corrected chi connectivity index (χ2v) is 5.22. The summed E-state index contributed by atoms with van der Waals surface area (Å²) in [5.41, 5.74) is 5.96. The van der Waals surface area contributed by atoms with E-state index in [0.717, 1.165) is 4.88 Å². The molecule has 0 bridgehead atoms. The van der Waals surface area contributed by atoms with E-state index in [9.17, 15) is 9.59 Å². The molecule has 98 valence electrons. The van der Waals surface area contributed by atoms with Gasteiger partial charge < -0.3 is 16.0 Å². The van der Waals surface area contributed by atoms with Gasteiger partial charge in [0.2, 0.25) is 11.8 Å². The number of nitrogens with one attached hydrogen (secondary N) is 1. The minimum Gasteiger partial charge on any atom is -0.353 e. The molecule has 2 unspecified atom stereocenters. The van der Waals surface area contributed by atoms with E-state index in [2.05, 4.69) is 5.32 Å². The van der Waals surface area contributed by atoms with Gasteiger partial charge in [-0.25, -0.2) is 0 Å². The fraction of sp³-hybridized carbons (Fsp3) is 0.500. The summed E-state index contributed by atoms with van der Waals surface area (Å²) in [5.74, 6) is -0.255. The molecule has 2 atom stereocenters. The second kappa shape index (κ2) is 5.49. The summed E-state index contributed by atoms with van der Waals surface area (Å²) in [6.07, 6.45) is 0.606. The SMILES string of the molecule is CCC1C(=O)NCCN1C(=O)C(N)c1cccs1. The lowest BCUT2D eigenvalue weighted by atomic mass is 10.1. The van der Waals surface area contributed by atoms with Gasteiger partial charge in [-0.3, -0.25) is 9.59 Å². The van der Waals surface area contributed by atoms with Gasteiger partial charge in [-0.1, -0.05) is 13.0 Å². The maximum atomic E-state index is 12.3. The lowest BCUT2D eigenvalue weighted by Crippen LogP contribution is -2.58. The monoisotopic (exact) mass is 267 g/mol. The standard InChI is InChI=1S/C12H17N3O2S/c1-2-8-11(16)14-5-6-15(8)12(17)10(13)9-4-3-7-18-9/h3-4,7-8,10H,2,5-6,13H2,1H3,(H,14,16). The van der Waals surface area contributed by atoms with Crippen molar-refractivity contribution in [1.82, 2.24) is 10.2 Å². The third kappa shape index (κ3) is 2.39. The fourth-order valence-electron chi connectivity index (χ4n) is 2.15. The fourth-order valence-corrected chi connectivity index (χ4v) is 2.87. The first kappa shape index (κ1) is 13.0. The van der Waals surface area contributed by atoms with Crippen molar-refractivity contribution in [1.29, 1.82) is 0 Å². The number of amides is 2. The molecule has 2 rings (SSSR count). The average molecular weight is 267 g/mol. The van der Waals surface area contributed by atoms with Crippen LogP contribution in [0.3, 0.4) is 0 Å². The first-order valence-corrected chi connectivity index (χ1v) is 6.90. The van der Waals surface area contributed by atoms with E-state index in [-0.39, 0.29) is 11.8 Å². The largest absolute Gasteiger partial charge is 0.353 e. The van der Waals surface area contributed by atoms with Crippen LogP contribution in [0.1, 0.15) is 24.3 Å². The highest BCUT2D eigenvalue weighted by Crippen LogP contribution is 2.21. The number of hydrogen-bond acceptors (Lipinski definition) is 4. The van der Waals surface area contributed by atoms with Crippen molar-refractivity contribution < 1.29 is 9.59 Å². The zero-order valence-electron chi connectivity index (χ0n) is 10.3. The van der Waals surface area contributed by atoms with Crippen molar-refractivity contribution in [2.24, 2.45) is 5.73 Å². The van der Waals surface area contributed by atoms with Gasteiger partial charge in [-0.05, 0) is 17.9 Å². The molecule has 6 heteroatoms. The van der Waals surface area contributed by atoms with Crippen LogP contribution in [0, 0.1) is 0 Å². The van der Waals surface area contributed by atoms with Crippen LogP contribution in [-0.4, -0.2) is 35.8 Å². The van der Waals surface area contributed by atoms with Crippen LogP contribution in [0.15, 0.2) is 17.5 Å². The molecule has 0 aliphatic carbocycles. The van der Waals surface area contributed by atoms with Gasteiger partial charge in [0, 0.05) is 18.0 Å². The van der Waals surface area contributed by atoms with E-state index in [1.54, 1.807) is 4.90 Å². The molecule has 1 saturated heterocycles. The maximum Gasteiger partial charge on any atom is 0.245 e. The number of rotatable bonds is 3. The van der Waals surface area contributed by atoms with Gasteiger partial charge in [0.05, 0.1) is 0 Å². The first-order valence-electron chi connectivity index (χ1n) is 6.02. The smallest absolute Gasteiger partial charge is 0.245 e. The Hall–Kier alpha value is -1.40. The van der Waals surface area contributed by atoms with Gasteiger partial charge in [0.15, 0.2) is 0 Å². The highest BCUT2D eigenvalue weighted by molar-refractivity contribution is 7.10. The Morgan fingerprint density at radius 3 is 3.11 bits per heavy atom. The second-order valence-electron chi connectivity index (χ2n) is 4.24. The minimum atomic E-state index is -0.662. The average Bonchev–Trinajstić information content (AvgIpc) is 2.90. The van der Waals surface area contributed by atoms with Crippen molar-refractivity contribution in [3.63, 3.8) is 0 Å². The first-order chi connectivity index (χ1) is 8.65. The zero-order chi connectivity index (χ0) is 13.1. The van der Waals surface area contributed by atoms with Crippen LogP contribution in [0.25, 0.3) is 0 Å². The predicted octanol–water partition coefficient (Wildman–Crippen LogP) is 0.485. The van der Waals surface area contributed by atoms with E-state index < -0.39 is 12.1 Å². The van der Waals surface area contributed by atoms with E-state index in [1.165, 1.54) is 11.3 Å². The van der Waals surface area contributed by atoms with Crippen molar-refractivity contribution in [3.8, 4) is 0 Å². The molecule has 0 saturated carbocycles. The topological polar surface area (TPSA) is 75.4 Å². The van der Waals surface area contributed by atoms with E-state index >= 15 is 0 Å². The molecule has 0 aromatic carbocycles. The lowest BCUT2D eigenvalue weighted by molar-refractivity contribution is -0.144. The van der Waals surface area contributed by atoms with E-state index in [0.29, 0.717) is 19.5 Å². The molecule has 1 aromatic heterocycles. The molecule has 18 heavy (non-hydrogen) atoms. The van der Waals surface area contributed by atoms with Crippen molar-refractivity contribution in [3.05, 3.63) is 22.4 Å². The Morgan fingerprint density at radius 2 is 2.50 bits per heavy atom. The predicted molar refractivity (Wildman–Crippen MR) is 70.0 cm³/mol. The Morgan fingerprint density at radius 1 is 1.72 bits per heavy atom. The van der Waals surface area contributed by atoms with Crippen LogP contribution in [-0.2, 0) is 9.59 Å². The van der Waals surface area contributed by atoms with E-state index in [1.807, 2.05) is 24.4 Å². The van der Waals surface area contributed by atoms with E-state index in [4.69, 9.17) is 5.73 Å². The molecule has 0 spiro atoms. The van der Waals surface area contributed by atoms with Gasteiger partial charge in [-0.2, -0.15) is 0 Å². The Balaban J connectivity index is 2.14. The van der Waals surface area contributed by atoms with Crippen molar-refractivity contribution >= 4 is 23.2 Å². The van der Waals surface area contributed by atoms with Crippen LogP contribution in [0.4, 0.5) is 0 Å². The summed E-state index contributed by atoms with van der Waals surface area (Å²) in [6.45, 7) is 2.92. The zero-order valence-corrected chi connectivity index (χ0v) is 11.1. The molecule has 1 aromatic rings. The normalized spacial score (nSPS) is 21.6. The summed E-state index contributed by atoms with van der Waals surface area (Å²) < 4.78 is 0. The molecule has 1 fully saturated rings. The molecule has 2 amide bonds. The molecule has 5 nitrogen and oxygen atoms in total. The highest BCUT2D eigenvalue weighted by Gasteiger charge is 2.34. The number of piperazine rings is 1. The van der Waals surface area contributed by atoms with Gasteiger partial charge in [0.25, 0.3) is 0 Å². The molecule has 0 radical (unpaired) electrons. The summed E-state index contributed by atoms with van der Waals surface area (Å²) in [4.78, 5) is 26.5. The number of nitrogens with two attached hydrogens (primary N) is 1. The van der Waals surface area contributed by atoms with Crippen LogP contribution in [0.5, 0.6) is 0 Å². The lowest BCUT2D eigenvalue weighted by Gasteiger charge is -2.35. The number of thiophene rings is 1. The Kier molecular flexibility index (Phi) is 3.98. The van der Waals surface area contributed by atoms with Crippen molar-refractivity contribution in [2.75, 3.05) is 13.1 Å². The molecular formula is C12H17N3O2S. The molecule has 3 N–H and O–H groups in total. The van der Waals surface area contributed by atoms with Gasteiger partial charge in [-0.15, -0.1) is 11.3 Å². The summed E-state index contributed by atoms with van der Waals surface area (Å²) in [7, 11) is 0. The third-order valence-electron chi connectivity index (χ3n) is 3.12. The molecular weight excluding hydrogens is 250 g/mol.